The number of carbonyl (C=O) groups is 2. The second-order valence-corrected chi connectivity index (χ2v) is 8.69. The fourth-order valence-electron chi connectivity index (χ4n) is 4.00. The fraction of sp³-hybridized carbons (Fsp3) is 0.207. The maximum absolute atomic E-state index is 13.6. The summed E-state index contributed by atoms with van der Waals surface area (Å²) >= 11 is 0. The molecule has 0 aliphatic carbocycles. The lowest BCUT2D eigenvalue weighted by Crippen LogP contribution is -2.48. The summed E-state index contributed by atoms with van der Waals surface area (Å²) in [5, 5.41) is 9.52. The molecule has 2 aromatic carbocycles. The van der Waals surface area contributed by atoms with Gasteiger partial charge in [-0.2, -0.15) is 13.2 Å². The number of amides is 1. The van der Waals surface area contributed by atoms with Crippen LogP contribution in [0.2, 0.25) is 0 Å². The minimum atomic E-state index is -4.66. The van der Waals surface area contributed by atoms with Crippen LogP contribution in [-0.2, 0) is 10.9 Å². The van der Waals surface area contributed by atoms with E-state index in [2.05, 4.69) is 23.4 Å². The quantitative estimate of drug-likeness (QED) is 0.294. The number of esters is 1. The van der Waals surface area contributed by atoms with Gasteiger partial charge in [0.15, 0.2) is 0 Å². The van der Waals surface area contributed by atoms with E-state index >= 15 is 0 Å². The third-order valence-corrected chi connectivity index (χ3v) is 5.95. The topological polar surface area (TPSA) is 83.0 Å². The highest BCUT2D eigenvalue weighted by molar-refractivity contribution is 5.95. The van der Waals surface area contributed by atoms with Crippen LogP contribution in [0.15, 0.2) is 73.6 Å². The van der Waals surface area contributed by atoms with E-state index < -0.39 is 23.6 Å². The lowest BCUT2D eigenvalue weighted by molar-refractivity contribution is -0.137. The lowest BCUT2D eigenvalue weighted by atomic mass is 10.0. The number of aromatic hydroxyl groups is 1. The third-order valence-electron chi connectivity index (χ3n) is 5.95. The predicted octanol–water partition coefficient (Wildman–Crippen LogP) is 4.51. The molecule has 1 fully saturated rings. The highest BCUT2D eigenvalue weighted by Gasteiger charge is 2.32. The molecule has 0 radical (unpaired) electrons. The first kappa shape index (κ1) is 27.3. The van der Waals surface area contributed by atoms with Crippen LogP contribution in [0.4, 0.5) is 18.9 Å². The van der Waals surface area contributed by atoms with E-state index in [0.29, 0.717) is 37.3 Å². The number of aromatic nitrogens is 1. The van der Waals surface area contributed by atoms with E-state index in [1.54, 1.807) is 24.3 Å². The van der Waals surface area contributed by atoms with Crippen LogP contribution in [0.25, 0.3) is 0 Å². The third kappa shape index (κ3) is 6.96. The molecule has 3 aromatic rings. The molecule has 0 saturated carbocycles. The van der Waals surface area contributed by atoms with Gasteiger partial charge in [0, 0.05) is 54.8 Å². The van der Waals surface area contributed by atoms with E-state index in [1.807, 2.05) is 4.90 Å². The smallest absolute Gasteiger partial charge is 0.416 e. The zero-order chi connectivity index (χ0) is 28.0. The van der Waals surface area contributed by atoms with Crippen molar-refractivity contribution < 1.29 is 32.6 Å². The van der Waals surface area contributed by atoms with Gasteiger partial charge in [-0.15, -0.1) is 0 Å². The number of carbonyl (C=O) groups excluding carboxylic acids is 2. The number of halogens is 3. The van der Waals surface area contributed by atoms with Crippen molar-refractivity contribution in [1.82, 2.24) is 9.88 Å². The van der Waals surface area contributed by atoms with Gasteiger partial charge in [0.05, 0.1) is 17.3 Å². The monoisotopic (exact) mass is 535 g/mol. The molecule has 1 amide bonds. The summed E-state index contributed by atoms with van der Waals surface area (Å²) < 4.78 is 45.8. The van der Waals surface area contributed by atoms with Gasteiger partial charge in [-0.3, -0.25) is 9.78 Å². The summed E-state index contributed by atoms with van der Waals surface area (Å²) in [5.74, 6) is 4.19. The van der Waals surface area contributed by atoms with Gasteiger partial charge in [0.2, 0.25) is 0 Å². The van der Waals surface area contributed by atoms with Gasteiger partial charge in [-0.25, -0.2) is 4.79 Å². The molecule has 1 aliphatic rings. The van der Waals surface area contributed by atoms with E-state index in [0.717, 1.165) is 17.8 Å². The number of rotatable bonds is 5. The summed E-state index contributed by atoms with van der Waals surface area (Å²) in [7, 11) is 0. The molecule has 200 valence electrons. The van der Waals surface area contributed by atoms with Crippen LogP contribution in [0.1, 0.15) is 37.4 Å². The number of piperazine rings is 1. The van der Waals surface area contributed by atoms with Gasteiger partial charge in [-0.1, -0.05) is 24.5 Å². The molecule has 39 heavy (non-hydrogen) atoms. The summed E-state index contributed by atoms with van der Waals surface area (Å²) in [5.41, 5.74) is 0.495. The summed E-state index contributed by atoms with van der Waals surface area (Å²) in [6.45, 7) is 5.14. The number of alkyl halides is 3. The molecular weight excluding hydrogens is 511 g/mol. The SMILES string of the molecule is C=CCOC(=O)c1ccc(N2CCN(C(=O)c3cc(C#Cc4cncc(O)c4)cc(C(F)(F)F)c3)CC2)cc1. The van der Waals surface area contributed by atoms with E-state index in [-0.39, 0.29) is 23.5 Å². The Bertz CT molecular complexity index is 1430. The minimum absolute atomic E-state index is 0.0156. The standard InChI is InChI=1S/C29H24F3N3O4/c1-2-13-39-28(38)22-5-7-25(8-6-22)34-9-11-35(12-10-34)27(37)23-14-20(15-24(17-23)29(30,31)32)3-4-21-16-26(36)19-33-18-21/h2,5-8,14-19,36H,1,9-13H2. The molecule has 10 heteroatoms. The van der Waals surface area contributed by atoms with Crippen LogP contribution in [0.5, 0.6) is 5.75 Å². The van der Waals surface area contributed by atoms with Crippen molar-refractivity contribution in [3.8, 4) is 17.6 Å². The predicted molar refractivity (Wildman–Crippen MR) is 138 cm³/mol. The Kier molecular flexibility index (Phi) is 8.20. The highest BCUT2D eigenvalue weighted by Crippen LogP contribution is 2.31. The molecule has 7 nitrogen and oxygen atoms in total. The summed E-state index contributed by atoms with van der Waals surface area (Å²) in [6, 6.07) is 11.2. The zero-order valence-electron chi connectivity index (χ0n) is 20.7. The fourth-order valence-corrected chi connectivity index (χ4v) is 4.00. The average Bonchev–Trinajstić information content (AvgIpc) is 2.94. The van der Waals surface area contributed by atoms with Crippen molar-refractivity contribution in [2.24, 2.45) is 0 Å². The van der Waals surface area contributed by atoms with Gasteiger partial charge in [0.25, 0.3) is 5.91 Å². The molecule has 2 heterocycles. The summed E-state index contributed by atoms with van der Waals surface area (Å²) in [4.78, 5) is 32.5. The number of ether oxygens (including phenoxy) is 1. The molecule has 0 atom stereocenters. The van der Waals surface area contributed by atoms with Crippen LogP contribution < -0.4 is 4.90 Å². The number of benzene rings is 2. The number of pyridine rings is 1. The van der Waals surface area contributed by atoms with Gasteiger partial charge >= 0.3 is 12.1 Å². The molecule has 1 aromatic heterocycles. The molecule has 1 aliphatic heterocycles. The first-order chi connectivity index (χ1) is 18.6. The van der Waals surface area contributed by atoms with E-state index in [9.17, 15) is 27.9 Å². The zero-order valence-corrected chi connectivity index (χ0v) is 20.7. The highest BCUT2D eigenvalue weighted by atomic mass is 19.4. The molecule has 1 saturated heterocycles. The molecular formula is C29H24F3N3O4. The Balaban J connectivity index is 1.47. The lowest BCUT2D eigenvalue weighted by Gasteiger charge is -2.36. The first-order valence-electron chi connectivity index (χ1n) is 11.9. The van der Waals surface area contributed by atoms with Crippen LogP contribution >= 0.6 is 0 Å². The normalized spacial score (nSPS) is 13.3. The first-order valence-corrected chi connectivity index (χ1v) is 11.9. The van der Waals surface area contributed by atoms with Crippen LogP contribution in [0, 0.1) is 11.8 Å². The Morgan fingerprint density at radius 3 is 2.31 bits per heavy atom. The van der Waals surface area contributed by atoms with Crippen molar-refractivity contribution in [3.05, 3.63) is 101 Å². The van der Waals surface area contributed by atoms with Gasteiger partial charge in [0.1, 0.15) is 12.4 Å². The number of nitrogens with zero attached hydrogens (tertiary/aromatic N) is 3. The summed E-state index contributed by atoms with van der Waals surface area (Å²) in [6.07, 6.45) is -0.603. The van der Waals surface area contributed by atoms with Crippen LogP contribution in [-0.4, -0.2) is 59.7 Å². The maximum atomic E-state index is 13.6. The second-order valence-electron chi connectivity index (χ2n) is 8.69. The second kappa shape index (κ2) is 11.7. The van der Waals surface area contributed by atoms with Crippen molar-refractivity contribution in [2.45, 2.75) is 6.18 Å². The van der Waals surface area contributed by atoms with Crippen molar-refractivity contribution in [1.29, 1.82) is 0 Å². The molecule has 0 spiro atoms. The Morgan fingerprint density at radius 1 is 0.974 bits per heavy atom. The van der Waals surface area contributed by atoms with Gasteiger partial charge < -0.3 is 19.6 Å². The molecule has 0 bridgehead atoms. The van der Waals surface area contributed by atoms with E-state index in [1.165, 1.54) is 35.5 Å². The van der Waals surface area contributed by atoms with Crippen molar-refractivity contribution in [3.63, 3.8) is 0 Å². The van der Waals surface area contributed by atoms with Gasteiger partial charge in [-0.05, 0) is 48.5 Å². The molecule has 0 unspecified atom stereocenters. The molecule has 4 rings (SSSR count). The Hall–Kier alpha value is -4.78. The Morgan fingerprint density at radius 2 is 1.67 bits per heavy atom. The Labute approximate surface area is 223 Å². The minimum Gasteiger partial charge on any atom is -0.506 e. The maximum Gasteiger partial charge on any atom is 0.416 e. The largest absolute Gasteiger partial charge is 0.506 e. The van der Waals surface area contributed by atoms with Crippen LogP contribution in [0.3, 0.4) is 0 Å². The number of hydrogen-bond acceptors (Lipinski definition) is 6. The number of hydrogen-bond donors (Lipinski definition) is 1. The molecule has 1 N–H and O–H groups in total. The van der Waals surface area contributed by atoms with E-state index in [4.69, 9.17) is 4.74 Å². The van der Waals surface area contributed by atoms with Crippen molar-refractivity contribution >= 4 is 17.6 Å². The number of anilines is 1. The van der Waals surface area contributed by atoms with Crippen molar-refractivity contribution in [2.75, 3.05) is 37.7 Å². The average molecular weight is 536 g/mol.